The summed E-state index contributed by atoms with van der Waals surface area (Å²) in [6.45, 7) is 12.9. The zero-order valence-corrected chi connectivity index (χ0v) is 35.6. The average Bonchev–Trinajstić information content (AvgIpc) is 3.92. The fourth-order valence-electron chi connectivity index (χ4n) is 13.4. The number of methoxy groups -OCH3 is 3. The van der Waals surface area contributed by atoms with Gasteiger partial charge in [0.2, 0.25) is 12.0 Å². The first-order chi connectivity index (χ1) is 28.8. The van der Waals surface area contributed by atoms with E-state index in [1.807, 2.05) is 38.1 Å². The van der Waals surface area contributed by atoms with Crippen LogP contribution < -0.4 is 9.64 Å². The molecule has 3 fully saturated rings. The van der Waals surface area contributed by atoms with Crippen LogP contribution in [-0.2, 0) is 45.8 Å². The molecule has 3 aromatic rings. The van der Waals surface area contributed by atoms with Gasteiger partial charge in [-0.05, 0) is 81.2 Å². The Labute approximate surface area is 351 Å². The summed E-state index contributed by atoms with van der Waals surface area (Å²) in [6, 6.07) is 10.4. The third kappa shape index (κ3) is 5.21. The fraction of sp³-hybridized carbons (Fsp3) is 0.553. The number of carbonyl (C=O) groups excluding carboxylic acids is 3. The third-order valence-electron chi connectivity index (χ3n) is 15.5. The molecule has 1 amide bonds. The van der Waals surface area contributed by atoms with Crippen LogP contribution >= 0.6 is 0 Å². The number of amides is 1. The summed E-state index contributed by atoms with van der Waals surface area (Å²) in [5.74, 6) is -0.862. The third-order valence-corrected chi connectivity index (χ3v) is 15.5. The molecular formula is C47H58N4O9. The van der Waals surface area contributed by atoms with Gasteiger partial charge in [0.05, 0.1) is 44.4 Å². The van der Waals surface area contributed by atoms with E-state index in [-0.39, 0.29) is 12.0 Å². The van der Waals surface area contributed by atoms with Gasteiger partial charge in [0, 0.05) is 71.3 Å². The van der Waals surface area contributed by atoms with Gasteiger partial charge in [-0.15, -0.1) is 0 Å². The highest BCUT2D eigenvalue weighted by Gasteiger charge is 2.81. The molecule has 1 aromatic heterocycles. The molecule has 60 heavy (non-hydrogen) atoms. The number of nitrogens with zero attached hydrogens (tertiary/aromatic N) is 3. The van der Waals surface area contributed by atoms with Crippen molar-refractivity contribution in [1.82, 2.24) is 14.8 Å². The van der Waals surface area contributed by atoms with E-state index >= 15 is 4.79 Å². The predicted molar refractivity (Wildman–Crippen MR) is 225 cm³/mol. The summed E-state index contributed by atoms with van der Waals surface area (Å²) in [4.78, 5) is 53.5. The van der Waals surface area contributed by atoms with Crippen molar-refractivity contribution in [2.75, 3.05) is 59.0 Å². The number of ether oxygens (including phenoxy) is 4. The molecule has 13 nitrogen and oxygen atoms in total. The summed E-state index contributed by atoms with van der Waals surface area (Å²) >= 11 is 0. The van der Waals surface area contributed by atoms with Gasteiger partial charge in [0.1, 0.15) is 11.2 Å². The number of fused-ring (bicyclic) bond motifs is 6. The van der Waals surface area contributed by atoms with Crippen LogP contribution in [0.5, 0.6) is 5.75 Å². The molecule has 6 aliphatic rings. The Balaban J connectivity index is 1.38. The Morgan fingerprint density at radius 3 is 2.45 bits per heavy atom. The number of aromatic amines is 1. The number of allylic oxidation sites excluding steroid dienone is 1. The molecule has 10 atom stereocenters. The van der Waals surface area contributed by atoms with Crippen molar-refractivity contribution in [2.24, 2.45) is 11.3 Å². The second-order valence-corrected chi connectivity index (χ2v) is 18.3. The summed E-state index contributed by atoms with van der Waals surface area (Å²) in [7, 11) is 4.20. The Morgan fingerprint density at radius 2 is 1.77 bits per heavy atom. The highest BCUT2D eigenvalue weighted by molar-refractivity contribution is 5.96. The highest BCUT2D eigenvalue weighted by atomic mass is 16.6. The molecule has 5 aliphatic heterocycles. The topological polar surface area (TPSA) is 154 Å². The number of hydrogen-bond acceptors (Lipinski definition) is 11. The van der Waals surface area contributed by atoms with E-state index in [0.717, 1.165) is 22.0 Å². The molecule has 1 saturated carbocycles. The zero-order valence-electron chi connectivity index (χ0n) is 35.6. The minimum absolute atomic E-state index is 0.132. The summed E-state index contributed by atoms with van der Waals surface area (Å²) < 4.78 is 24.3. The standard InChI is InChI=1S/C47H58N4O9/c1-8-43(55)23-29-24-46(41(53)58-6,37-31(15-19-49(25-29)26-43)30-13-10-11-14-34(30)48-37)33-21-32-35(22-36(33)57-5)51(27-52)39-45(32)17-20-50-18-12-16-44(9-2,38(45)50)40(60-28(3)4)47(39,56)42(54)59-7/h10-14,16,21-22,27,29,38-40,48,55-56H,3,8-9,15,17-20,23-26H2,1-2,4-7H3/t29-,38-,39+,40+,43-,44+,45+,46-,47-/m0/s1. The SMILES string of the molecule is C=C(C)O[C@@H]1[C@]2(CC)C=CCN3CC[C@@]4(c5cc([C@@]6(C(=O)OC)C[C@H]7CN(CCc8c6[nH]c6ccccc86)C[C@](O)(CC)C7)c(OC)cc5N(C=O)[C@H]4[C@@]1(O)C(=O)OC)[C@@H]32. The molecule has 9 rings (SSSR count). The number of aliphatic hydroxyl groups is 2. The second kappa shape index (κ2) is 14.2. The monoisotopic (exact) mass is 822 g/mol. The van der Waals surface area contributed by atoms with Crippen LogP contribution in [0.25, 0.3) is 10.9 Å². The van der Waals surface area contributed by atoms with Crippen molar-refractivity contribution in [3.8, 4) is 5.75 Å². The number of benzene rings is 2. The van der Waals surface area contributed by atoms with Crippen LogP contribution in [0.3, 0.4) is 0 Å². The van der Waals surface area contributed by atoms with Crippen molar-refractivity contribution in [2.45, 2.75) is 99.5 Å². The Morgan fingerprint density at radius 1 is 1.00 bits per heavy atom. The molecule has 6 heterocycles. The van der Waals surface area contributed by atoms with E-state index in [1.54, 1.807) is 20.1 Å². The summed E-state index contributed by atoms with van der Waals surface area (Å²) in [5.41, 5.74) is -2.46. The van der Waals surface area contributed by atoms with Crippen LogP contribution in [0.2, 0.25) is 0 Å². The zero-order chi connectivity index (χ0) is 42.6. The quantitative estimate of drug-likeness (QED) is 0.121. The van der Waals surface area contributed by atoms with Crippen LogP contribution in [0.15, 0.2) is 60.9 Å². The molecule has 3 N–H and O–H groups in total. The molecule has 13 heteroatoms. The Bertz CT molecular complexity index is 2310. The molecule has 2 bridgehead atoms. The summed E-state index contributed by atoms with van der Waals surface area (Å²) in [6.07, 6.45) is 6.60. The van der Waals surface area contributed by atoms with E-state index < -0.39 is 51.5 Å². The van der Waals surface area contributed by atoms with Crippen LogP contribution in [0.1, 0.15) is 75.3 Å². The van der Waals surface area contributed by atoms with Crippen LogP contribution in [0.4, 0.5) is 5.69 Å². The van der Waals surface area contributed by atoms with Gasteiger partial charge >= 0.3 is 11.9 Å². The van der Waals surface area contributed by atoms with Crippen molar-refractivity contribution in [1.29, 1.82) is 0 Å². The van der Waals surface area contributed by atoms with Gasteiger partial charge in [-0.1, -0.05) is 50.8 Å². The maximum atomic E-state index is 15.3. The molecule has 2 saturated heterocycles. The van der Waals surface area contributed by atoms with Gasteiger partial charge < -0.3 is 39.0 Å². The lowest BCUT2D eigenvalue weighted by Crippen LogP contribution is -2.81. The number of piperidine rings is 1. The molecular weight excluding hydrogens is 765 g/mol. The largest absolute Gasteiger partial charge is 0.496 e. The van der Waals surface area contributed by atoms with E-state index in [0.29, 0.717) is 106 Å². The van der Waals surface area contributed by atoms with Crippen molar-refractivity contribution in [3.63, 3.8) is 0 Å². The minimum atomic E-state index is -2.37. The van der Waals surface area contributed by atoms with E-state index in [2.05, 4.69) is 39.6 Å². The summed E-state index contributed by atoms with van der Waals surface area (Å²) in [5, 5.41) is 26.4. The number of anilines is 1. The molecule has 320 valence electrons. The van der Waals surface area contributed by atoms with E-state index in [1.165, 1.54) is 19.1 Å². The van der Waals surface area contributed by atoms with Crippen molar-refractivity contribution >= 4 is 34.9 Å². The number of carbonyl (C=O) groups is 3. The van der Waals surface area contributed by atoms with Gasteiger partial charge in [0.15, 0.2) is 6.10 Å². The molecule has 1 unspecified atom stereocenters. The first-order valence-corrected chi connectivity index (χ1v) is 21.4. The molecule has 1 spiro atoms. The van der Waals surface area contributed by atoms with Gasteiger partial charge in [-0.2, -0.15) is 0 Å². The number of H-pyrrole nitrogens is 1. The van der Waals surface area contributed by atoms with Crippen LogP contribution in [-0.4, -0.2) is 127 Å². The Hall–Kier alpha value is -4.69. The Kier molecular flexibility index (Phi) is 9.62. The number of para-hydroxylation sites is 1. The lowest BCUT2D eigenvalue weighted by molar-refractivity contribution is -0.222. The number of rotatable bonds is 9. The number of aromatic nitrogens is 1. The normalized spacial score (nSPS) is 36.5. The lowest BCUT2D eigenvalue weighted by atomic mass is 9.47. The molecule has 1 aliphatic carbocycles. The van der Waals surface area contributed by atoms with Crippen LogP contribution in [0, 0.1) is 11.3 Å². The predicted octanol–water partition coefficient (Wildman–Crippen LogP) is 4.50. The molecule has 0 radical (unpaired) electrons. The van der Waals surface area contributed by atoms with Gasteiger partial charge in [-0.25, -0.2) is 4.79 Å². The van der Waals surface area contributed by atoms with E-state index in [4.69, 9.17) is 18.9 Å². The number of nitrogens with one attached hydrogen (secondary N) is 1. The highest BCUT2D eigenvalue weighted by Crippen LogP contribution is 2.68. The minimum Gasteiger partial charge on any atom is -0.496 e. The van der Waals surface area contributed by atoms with Gasteiger partial charge in [0.25, 0.3) is 0 Å². The number of hydrogen-bond donors (Lipinski definition) is 3. The second-order valence-electron chi connectivity index (χ2n) is 18.3. The lowest BCUT2D eigenvalue weighted by Gasteiger charge is -2.63. The fourth-order valence-corrected chi connectivity index (χ4v) is 13.4. The van der Waals surface area contributed by atoms with Crippen molar-refractivity contribution in [3.05, 3.63) is 83.3 Å². The first-order valence-electron chi connectivity index (χ1n) is 21.4. The van der Waals surface area contributed by atoms with Crippen molar-refractivity contribution < 1.29 is 43.5 Å². The smallest absolute Gasteiger partial charge is 0.344 e. The maximum Gasteiger partial charge on any atom is 0.344 e. The molecule has 2 aromatic carbocycles. The number of esters is 2. The van der Waals surface area contributed by atoms with E-state index in [9.17, 15) is 19.8 Å². The maximum absolute atomic E-state index is 15.3. The first kappa shape index (κ1) is 40.7. The average molecular weight is 823 g/mol. The van der Waals surface area contributed by atoms with Gasteiger partial charge in [-0.3, -0.25) is 19.4 Å².